The summed E-state index contributed by atoms with van der Waals surface area (Å²) in [5.74, 6) is 0. The van der Waals surface area contributed by atoms with Crippen molar-refractivity contribution in [2.75, 3.05) is 0 Å². The van der Waals surface area contributed by atoms with Crippen LogP contribution in [-0.2, 0) is 12.3 Å². The first kappa shape index (κ1) is 40.1. The Kier molecular flexibility index (Phi) is 12.2. The molecule has 7 heteroatoms. The number of hydrogen-bond acceptors (Lipinski definition) is 3. The molecule has 0 aliphatic carbocycles. The smallest absolute Gasteiger partial charge is 0.407 e. The van der Waals surface area contributed by atoms with E-state index < -0.39 is 34.5 Å². The second kappa shape index (κ2) is 18.6. The monoisotopic (exact) mass is 854 g/mol. The fourth-order valence-electron chi connectivity index (χ4n) is 8.67. The Hall–Kier alpha value is -6.27. The molecule has 0 atom stereocenters. The van der Waals surface area contributed by atoms with Gasteiger partial charge in [0.05, 0.1) is 0 Å². The minimum atomic E-state index is -3.45. The SMILES string of the molecule is c1ccc([Si](O[SiH](O[Si](c2ccccc2)(c2ccccc2)c2ccccc2)O[Si](c2ccccc2)(c2ccccc2)c2ccccc2)(c2ccccc2)c2ccccc2)cc1. The van der Waals surface area contributed by atoms with Crippen LogP contribution in [0.15, 0.2) is 273 Å². The predicted octanol–water partition coefficient (Wildman–Crippen LogP) is 5.75. The molecule has 0 saturated heterocycles. The van der Waals surface area contributed by atoms with Crippen LogP contribution in [0.3, 0.4) is 0 Å². The summed E-state index contributed by atoms with van der Waals surface area (Å²) in [4.78, 5) is 0. The van der Waals surface area contributed by atoms with Gasteiger partial charge in [-0.3, -0.25) is 0 Å². The highest BCUT2D eigenvalue weighted by Gasteiger charge is 2.54. The van der Waals surface area contributed by atoms with E-state index in [1.54, 1.807) is 0 Å². The zero-order valence-electron chi connectivity index (χ0n) is 33.8. The minimum absolute atomic E-state index is 1.12. The molecule has 61 heavy (non-hydrogen) atoms. The highest BCUT2D eigenvalue weighted by atomic mass is 28.5. The number of benzene rings is 9. The van der Waals surface area contributed by atoms with Gasteiger partial charge in [-0.2, -0.15) is 0 Å². The van der Waals surface area contributed by atoms with E-state index in [1.165, 1.54) is 0 Å². The molecule has 0 saturated carbocycles. The van der Waals surface area contributed by atoms with Gasteiger partial charge in [-0.1, -0.05) is 273 Å². The first-order valence-corrected chi connectivity index (χ1v) is 27.9. The quantitative estimate of drug-likeness (QED) is 0.0972. The molecule has 0 amide bonds. The molecule has 0 aliphatic heterocycles. The van der Waals surface area contributed by atoms with Gasteiger partial charge in [0.15, 0.2) is 0 Å². The predicted molar refractivity (Wildman–Crippen MR) is 262 cm³/mol. The van der Waals surface area contributed by atoms with E-state index in [9.17, 15) is 0 Å². The second-order valence-electron chi connectivity index (χ2n) is 15.0. The maximum absolute atomic E-state index is 8.34. The van der Waals surface area contributed by atoms with Crippen molar-refractivity contribution in [2.45, 2.75) is 0 Å². The van der Waals surface area contributed by atoms with Crippen molar-refractivity contribution in [3.63, 3.8) is 0 Å². The van der Waals surface area contributed by atoms with Crippen LogP contribution >= 0.6 is 0 Å². The van der Waals surface area contributed by atoms with Crippen LogP contribution in [0.2, 0.25) is 0 Å². The lowest BCUT2D eigenvalue weighted by molar-refractivity contribution is 0.314. The van der Waals surface area contributed by atoms with Crippen LogP contribution in [0, 0.1) is 0 Å². The third-order valence-corrected chi connectivity index (χ3v) is 28.3. The van der Waals surface area contributed by atoms with Crippen LogP contribution in [0.1, 0.15) is 0 Å². The molecule has 9 rings (SSSR count). The number of rotatable bonds is 15. The topological polar surface area (TPSA) is 27.7 Å². The standard InChI is InChI=1S/C54H46O3Si4/c1-10-28-46(29-11-1)59(47-30-12-2-13-31-47,48-32-14-3-15-33-48)55-58(56-60(49-34-16-4-17-35-49,50-36-18-5-19-37-50)51-38-20-6-21-39-51)57-61(52-40-22-7-23-41-52,53-42-24-8-25-43-53)54-44-26-9-27-45-54/h1-45,58H. The molecular formula is C54H46O3Si4. The number of hydrogen-bond donors (Lipinski definition) is 0. The fraction of sp³-hybridized carbons (Fsp3) is 0. The van der Waals surface area contributed by atoms with Crippen molar-refractivity contribution < 1.29 is 12.3 Å². The molecule has 0 N–H and O–H groups in total. The lowest BCUT2D eigenvalue weighted by atomic mass is 10.3. The average Bonchev–Trinajstić information content (AvgIpc) is 3.36. The molecule has 296 valence electrons. The molecular weight excluding hydrogens is 809 g/mol. The van der Waals surface area contributed by atoms with Crippen LogP contribution < -0.4 is 46.7 Å². The van der Waals surface area contributed by atoms with Crippen LogP contribution in [0.5, 0.6) is 0 Å². The molecule has 0 spiro atoms. The molecule has 3 nitrogen and oxygen atoms in total. The molecule has 0 bridgehead atoms. The summed E-state index contributed by atoms with van der Waals surface area (Å²) in [7, 11) is -13.8. The minimum Gasteiger partial charge on any atom is -0.407 e. The molecule has 9 aromatic carbocycles. The van der Waals surface area contributed by atoms with Gasteiger partial charge in [-0.05, 0) is 46.7 Å². The Morgan fingerprint density at radius 3 is 0.410 bits per heavy atom. The molecule has 0 aromatic heterocycles. The lowest BCUT2D eigenvalue weighted by Gasteiger charge is -2.44. The molecule has 0 unspecified atom stereocenters. The van der Waals surface area contributed by atoms with Crippen molar-refractivity contribution in [1.82, 2.24) is 0 Å². The Labute approximate surface area is 364 Å². The van der Waals surface area contributed by atoms with E-state index >= 15 is 0 Å². The van der Waals surface area contributed by atoms with Crippen LogP contribution in [-0.4, -0.2) is 34.5 Å². The summed E-state index contributed by atoms with van der Waals surface area (Å²) >= 11 is 0. The summed E-state index contributed by atoms with van der Waals surface area (Å²) in [5, 5.41) is 10.1. The highest BCUT2D eigenvalue weighted by molar-refractivity contribution is 7.14. The highest BCUT2D eigenvalue weighted by Crippen LogP contribution is 2.21. The first-order chi connectivity index (χ1) is 30.2. The molecule has 0 fully saturated rings. The third kappa shape index (κ3) is 7.92. The summed E-state index contributed by atoms with van der Waals surface area (Å²) in [5.41, 5.74) is 0. The van der Waals surface area contributed by atoms with Gasteiger partial charge < -0.3 is 12.3 Å². The van der Waals surface area contributed by atoms with Gasteiger partial charge in [0.25, 0.3) is 25.0 Å². The fourth-order valence-corrected chi connectivity index (χ4v) is 27.9. The van der Waals surface area contributed by atoms with Gasteiger partial charge in [0, 0.05) is 0 Å². The van der Waals surface area contributed by atoms with E-state index in [1.807, 2.05) is 0 Å². The summed E-state index contributed by atoms with van der Waals surface area (Å²) in [6, 6.07) is 97.0. The average molecular weight is 855 g/mol. The Bertz CT molecular complexity index is 2110. The zero-order valence-corrected chi connectivity index (χ0v) is 37.9. The first-order valence-electron chi connectivity index (χ1n) is 20.8. The van der Waals surface area contributed by atoms with E-state index in [-0.39, 0.29) is 0 Å². The van der Waals surface area contributed by atoms with Gasteiger partial charge >= 0.3 is 9.53 Å². The van der Waals surface area contributed by atoms with Gasteiger partial charge in [-0.15, -0.1) is 0 Å². The van der Waals surface area contributed by atoms with E-state index in [2.05, 4.69) is 273 Å². The zero-order chi connectivity index (χ0) is 41.2. The van der Waals surface area contributed by atoms with E-state index in [4.69, 9.17) is 12.3 Å². The van der Waals surface area contributed by atoms with Crippen molar-refractivity contribution in [3.05, 3.63) is 273 Å². The second-order valence-corrected chi connectivity index (χ2v) is 27.7. The lowest BCUT2D eigenvalue weighted by Crippen LogP contribution is -2.78. The van der Waals surface area contributed by atoms with Crippen LogP contribution in [0.4, 0.5) is 0 Å². The van der Waals surface area contributed by atoms with E-state index in [0.29, 0.717) is 0 Å². The molecule has 0 radical (unpaired) electrons. The molecule has 9 aromatic rings. The summed E-state index contributed by atoms with van der Waals surface area (Å²) in [6.07, 6.45) is 0. The third-order valence-electron chi connectivity index (χ3n) is 11.4. The molecule has 0 aliphatic rings. The van der Waals surface area contributed by atoms with Gasteiger partial charge in [0.2, 0.25) is 0 Å². The Morgan fingerprint density at radius 2 is 0.295 bits per heavy atom. The Balaban J connectivity index is 1.39. The van der Waals surface area contributed by atoms with Crippen LogP contribution in [0.25, 0.3) is 0 Å². The van der Waals surface area contributed by atoms with Gasteiger partial charge in [0.1, 0.15) is 0 Å². The largest absolute Gasteiger partial charge is 0.454 e. The molecule has 0 heterocycles. The Morgan fingerprint density at radius 1 is 0.180 bits per heavy atom. The maximum atomic E-state index is 8.34. The normalized spacial score (nSPS) is 12.0. The van der Waals surface area contributed by atoms with Gasteiger partial charge in [-0.25, -0.2) is 0 Å². The van der Waals surface area contributed by atoms with Crippen molar-refractivity contribution in [2.24, 2.45) is 0 Å². The van der Waals surface area contributed by atoms with Crippen molar-refractivity contribution >= 4 is 81.2 Å². The van der Waals surface area contributed by atoms with Crippen molar-refractivity contribution in [1.29, 1.82) is 0 Å². The summed E-state index contributed by atoms with van der Waals surface area (Å²) in [6.45, 7) is 0. The van der Waals surface area contributed by atoms with Crippen molar-refractivity contribution in [3.8, 4) is 0 Å². The maximum Gasteiger partial charge on any atom is 0.454 e. The summed E-state index contributed by atoms with van der Waals surface area (Å²) < 4.78 is 25.0. The van der Waals surface area contributed by atoms with E-state index in [0.717, 1.165) is 46.7 Å².